The summed E-state index contributed by atoms with van der Waals surface area (Å²) in [7, 11) is 0. The van der Waals surface area contributed by atoms with Crippen LogP contribution in [0, 0.1) is 5.92 Å². The highest BCUT2D eigenvalue weighted by molar-refractivity contribution is 5.82. The Morgan fingerprint density at radius 2 is 2.11 bits per heavy atom. The van der Waals surface area contributed by atoms with Crippen molar-refractivity contribution in [3.05, 3.63) is 0 Å². The first kappa shape index (κ1) is 14.8. The van der Waals surface area contributed by atoms with Gasteiger partial charge in [0, 0.05) is 13.1 Å². The molecule has 0 aromatic carbocycles. The second-order valence-corrected chi connectivity index (χ2v) is 4.93. The molecule has 0 saturated carbocycles. The van der Waals surface area contributed by atoms with Gasteiger partial charge in [-0.1, -0.05) is 26.7 Å². The summed E-state index contributed by atoms with van der Waals surface area (Å²) in [6.45, 7) is 5.29. The van der Waals surface area contributed by atoms with Gasteiger partial charge in [-0.15, -0.1) is 0 Å². The molecule has 5 nitrogen and oxygen atoms in total. The maximum absolute atomic E-state index is 11.9. The molecule has 1 rings (SSSR count). The van der Waals surface area contributed by atoms with E-state index in [1.807, 2.05) is 0 Å². The van der Waals surface area contributed by atoms with E-state index in [-0.39, 0.29) is 6.03 Å². The summed E-state index contributed by atoms with van der Waals surface area (Å²) >= 11 is 0. The molecule has 2 N–H and O–H groups in total. The third-order valence-corrected chi connectivity index (χ3v) is 3.64. The number of rotatable bonds is 5. The zero-order valence-corrected chi connectivity index (χ0v) is 11.3. The fourth-order valence-electron chi connectivity index (χ4n) is 2.36. The first-order valence-corrected chi connectivity index (χ1v) is 6.87. The summed E-state index contributed by atoms with van der Waals surface area (Å²) in [4.78, 5) is 24.6. The highest BCUT2D eigenvalue weighted by Crippen LogP contribution is 2.25. The quantitative estimate of drug-likeness (QED) is 0.740. The van der Waals surface area contributed by atoms with E-state index in [9.17, 15) is 14.7 Å². The lowest BCUT2D eigenvalue weighted by atomic mass is 9.89. The lowest BCUT2D eigenvalue weighted by Gasteiger charge is -2.36. The molecule has 2 amide bonds. The van der Waals surface area contributed by atoms with Crippen molar-refractivity contribution in [3.8, 4) is 0 Å². The molecule has 0 aliphatic carbocycles. The topological polar surface area (TPSA) is 69.6 Å². The van der Waals surface area contributed by atoms with E-state index in [0.29, 0.717) is 25.4 Å². The third kappa shape index (κ3) is 3.89. The Kier molecular flexibility index (Phi) is 5.95. The van der Waals surface area contributed by atoms with Gasteiger partial charge in [0.05, 0.1) is 0 Å². The number of nitrogens with zero attached hydrogens (tertiary/aromatic N) is 1. The molecule has 1 aliphatic heterocycles. The Bertz CT molecular complexity index is 294. The van der Waals surface area contributed by atoms with Crippen molar-refractivity contribution in [2.45, 2.75) is 52.0 Å². The smallest absolute Gasteiger partial charge is 0.326 e. The van der Waals surface area contributed by atoms with Gasteiger partial charge in [0.2, 0.25) is 0 Å². The number of urea groups is 1. The Hall–Kier alpha value is -1.26. The molecule has 18 heavy (non-hydrogen) atoms. The lowest BCUT2D eigenvalue weighted by molar-refractivity contribution is -0.144. The Morgan fingerprint density at radius 3 is 2.67 bits per heavy atom. The molecule has 1 heterocycles. The maximum Gasteiger partial charge on any atom is 0.326 e. The van der Waals surface area contributed by atoms with Gasteiger partial charge in [-0.05, 0) is 25.2 Å². The molecular formula is C13H24N2O3. The molecule has 2 unspecified atom stereocenters. The van der Waals surface area contributed by atoms with E-state index in [1.54, 1.807) is 0 Å². The van der Waals surface area contributed by atoms with Crippen LogP contribution in [0.3, 0.4) is 0 Å². The van der Waals surface area contributed by atoms with Crippen molar-refractivity contribution in [3.63, 3.8) is 0 Å². The molecule has 2 atom stereocenters. The number of piperidine rings is 1. The average Bonchev–Trinajstić information content (AvgIpc) is 2.38. The van der Waals surface area contributed by atoms with E-state index in [4.69, 9.17) is 0 Å². The predicted molar refractivity (Wildman–Crippen MR) is 69.5 cm³/mol. The van der Waals surface area contributed by atoms with E-state index in [0.717, 1.165) is 25.7 Å². The molecule has 0 radical (unpaired) electrons. The summed E-state index contributed by atoms with van der Waals surface area (Å²) in [5.74, 6) is -0.468. The Balaban J connectivity index is 2.56. The van der Waals surface area contributed by atoms with Gasteiger partial charge in [-0.2, -0.15) is 0 Å². The van der Waals surface area contributed by atoms with Crippen LogP contribution in [0.25, 0.3) is 0 Å². The van der Waals surface area contributed by atoms with Crippen LogP contribution in [0.5, 0.6) is 0 Å². The fraction of sp³-hybridized carbons (Fsp3) is 0.846. The molecular weight excluding hydrogens is 232 g/mol. The van der Waals surface area contributed by atoms with Crippen LogP contribution in [0.4, 0.5) is 4.79 Å². The number of unbranched alkanes of at least 4 members (excludes halogenated alkanes) is 1. The van der Waals surface area contributed by atoms with Gasteiger partial charge in [-0.3, -0.25) is 0 Å². The zero-order chi connectivity index (χ0) is 13.5. The minimum Gasteiger partial charge on any atom is -0.480 e. The molecule has 0 aromatic rings. The lowest BCUT2D eigenvalue weighted by Crippen LogP contribution is -2.53. The SMILES string of the molecule is CCCCNC(=O)N1CCC(CC)CC1C(=O)O. The number of carboxylic acid groups (broad SMARTS) is 1. The highest BCUT2D eigenvalue weighted by atomic mass is 16.4. The van der Waals surface area contributed by atoms with Crippen LogP contribution < -0.4 is 5.32 Å². The molecule has 5 heteroatoms. The van der Waals surface area contributed by atoms with Crippen molar-refractivity contribution in [2.24, 2.45) is 5.92 Å². The average molecular weight is 256 g/mol. The van der Waals surface area contributed by atoms with E-state index in [1.165, 1.54) is 4.90 Å². The first-order valence-electron chi connectivity index (χ1n) is 6.87. The normalized spacial score (nSPS) is 23.8. The van der Waals surface area contributed by atoms with Crippen molar-refractivity contribution < 1.29 is 14.7 Å². The molecule has 1 saturated heterocycles. The zero-order valence-electron chi connectivity index (χ0n) is 11.3. The van der Waals surface area contributed by atoms with E-state index in [2.05, 4.69) is 19.2 Å². The second kappa shape index (κ2) is 7.24. The predicted octanol–water partition coefficient (Wildman–Crippen LogP) is 2.07. The third-order valence-electron chi connectivity index (χ3n) is 3.64. The van der Waals surface area contributed by atoms with E-state index >= 15 is 0 Å². The largest absolute Gasteiger partial charge is 0.480 e. The monoisotopic (exact) mass is 256 g/mol. The van der Waals surface area contributed by atoms with Gasteiger partial charge in [0.15, 0.2) is 0 Å². The number of carbonyl (C=O) groups is 2. The molecule has 0 aromatic heterocycles. The summed E-state index contributed by atoms with van der Waals surface area (Å²) in [6, 6.07) is -0.893. The Labute approximate surface area is 109 Å². The number of carboxylic acids is 1. The number of hydrogen-bond acceptors (Lipinski definition) is 2. The molecule has 1 fully saturated rings. The highest BCUT2D eigenvalue weighted by Gasteiger charge is 2.35. The Morgan fingerprint density at radius 1 is 1.39 bits per heavy atom. The van der Waals surface area contributed by atoms with Gasteiger partial charge >= 0.3 is 12.0 Å². The van der Waals surface area contributed by atoms with Gasteiger partial charge in [0.25, 0.3) is 0 Å². The first-order chi connectivity index (χ1) is 8.60. The van der Waals surface area contributed by atoms with Crippen LogP contribution in [-0.2, 0) is 4.79 Å². The summed E-state index contributed by atoms with van der Waals surface area (Å²) < 4.78 is 0. The maximum atomic E-state index is 11.9. The molecule has 104 valence electrons. The van der Waals surface area contributed by atoms with Gasteiger partial charge < -0.3 is 15.3 Å². The summed E-state index contributed by atoms with van der Waals surface area (Å²) in [6.07, 6.45) is 4.40. The second-order valence-electron chi connectivity index (χ2n) is 4.93. The summed E-state index contributed by atoms with van der Waals surface area (Å²) in [5.41, 5.74) is 0. The number of hydrogen-bond donors (Lipinski definition) is 2. The summed E-state index contributed by atoms with van der Waals surface area (Å²) in [5, 5.41) is 12.0. The van der Waals surface area contributed by atoms with Gasteiger partial charge in [0.1, 0.15) is 6.04 Å². The van der Waals surface area contributed by atoms with Crippen molar-refractivity contribution in [2.75, 3.05) is 13.1 Å². The molecule has 0 bridgehead atoms. The molecule has 1 aliphatic rings. The van der Waals surface area contributed by atoms with Crippen LogP contribution in [0.1, 0.15) is 46.0 Å². The van der Waals surface area contributed by atoms with Crippen molar-refractivity contribution >= 4 is 12.0 Å². The number of carbonyl (C=O) groups excluding carboxylic acids is 1. The molecule has 0 spiro atoms. The number of likely N-dealkylation sites (tertiary alicyclic amines) is 1. The van der Waals surface area contributed by atoms with Crippen molar-refractivity contribution in [1.82, 2.24) is 10.2 Å². The number of aliphatic carboxylic acids is 1. The van der Waals surface area contributed by atoms with E-state index < -0.39 is 12.0 Å². The fourth-order valence-corrected chi connectivity index (χ4v) is 2.36. The van der Waals surface area contributed by atoms with Crippen LogP contribution in [0.15, 0.2) is 0 Å². The minimum absolute atomic E-state index is 0.231. The minimum atomic E-state index is -0.890. The van der Waals surface area contributed by atoms with Crippen molar-refractivity contribution in [1.29, 1.82) is 0 Å². The van der Waals surface area contributed by atoms with Crippen LogP contribution in [-0.4, -0.2) is 41.1 Å². The van der Waals surface area contributed by atoms with Gasteiger partial charge in [-0.25, -0.2) is 9.59 Å². The standard InChI is InChI=1S/C13H24N2O3/c1-3-5-7-14-13(18)15-8-6-10(4-2)9-11(15)12(16)17/h10-11H,3-9H2,1-2H3,(H,14,18)(H,16,17). The van der Waals surface area contributed by atoms with Crippen LogP contribution in [0.2, 0.25) is 0 Å². The number of nitrogens with one attached hydrogen (secondary N) is 1. The van der Waals surface area contributed by atoms with Crippen LogP contribution >= 0.6 is 0 Å². The number of amides is 2.